The standard InChI is InChI=1S/C23H22N2O6S2/c1-8(22(28)29)25-20(26)15-10-7-11(16(15)21(25)27)17-14(10)13(9-5-3-4-6-12(9)31-2)18-19(32-17)24-23(30)33-18/h3-6,8,10-11,13-17H,7H2,1-2H3,(H,24,30)(H,28,29)/t8-,10+,11+,13-,14+,15-,16-,17+/m0/s1. The molecule has 2 saturated carbocycles. The van der Waals surface area contributed by atoms with Crippen molar-refractivity contribution in [3.05, 3.63) is 44.4 Å². The Morgan fingerprint density at radius 1 is 1.18 bits per heavy atom. The van der Waals surface area contributed by atoms with E-state index in [1.807, 2.05) is 24.3 Å². The number of aromatic nitrogens is 1. The van der Waals surface area contributed by atoms with Crippen LogP contribution in [0.25, 0.3) is 0 Å². The number of nitrogens with one attached hydrogen (secondary N) is 1. The van der Waals surface area contributed by atoms with Crippen molar-refractivity contribution in [1.29, 1.82) is 0 Å². The molecule has 2 aromatic rings. The number of methoxy groups -OCH3 is 1. The number of hydrogen-bond donors (Lipinski definition) is 2. The Hall–Kier alpha value is -2.59. The van der Waals surface area contributed by atoms with Gasteiger partial charge in [-0.25, -0.2) is 4.79 Å². The molecule has 6 rings (SSSR count). The van der Waals surface area contributed by atoms with Gasteiger partial charge in [0.1, 0.15) is 11.8 Å². The number of aromatic amines is 1. The summed E-state index contributed by atoms with van der Waals surface area (Å²) < 4.78 is 5.66. The molecular formula is C23H22N2O6S2. The third-order valence-corrected chi connectivity index (χ3v) is 10.6. The zero-order chi connectivity index (χ0) is 23.2. The summed E-state index contributed by atoms with van der Waals surface area (Å²) >= 11 is 2.80. The van der Waals surface area contributed by atoms with Crippen molar-refractivity contribution in [3.63, 3.8) is 0 Å². The second kappa shape index (κ2) is 7.20. The van der Waals surface area contributed by atoms with Crippen LogP contribution in [-0.4, -0.2) is 51.2 Å². The lowest BCUT2D eigenvalue weighted by molar-refractivity contribution is -0.154. The van der Waals surface area contributed by atoms with E-state index >= 15 is 0 Å². The highest BCUT2D eigenvalue weighted by Gasteiger charge is 2.70. The van der Waals surface area contributed by atoms with Crippen molar-refractivity contribution in [2.24, 2.45) is 29.6 Å². The first-order valence-electron chi connectivity index (χ1n) is 11.0. The molecule has 0 spiro atoms. The molecule has 2 amide bonds. The number of hydrogen-bond acceptors (Lipinski definition) is 7. The summed E-state index contributed by atoms with van der Waals surface area (Å²) in [6.07, 6.45) is 0.759. The molecule has 172 valence electrons. The van der Waals surface area contributed by atoms with Gasteiger partial charge in [0.2, 0.25) is 11.8 Å². The molecular weight excluding hydrogens is 464 g/mol. The number of thiazole rings is 1. The number of thioether (sulfide) groups is 1. The second-order valence-corrected chi connectivity index (χ2v) is 11.5. The summed E-state index contributed by atoms with van der Waals surface area (Å²) in [7, 11) is 1.62. The number of aliphatic carboxylic acids is 1. The van der Waals surface area contributed by atoms with E-state index in [1.165, 1.54) is 18.3 Å². The van der Waals surface area contributed by atoms with E-state index in [0.29, 0.717) is 0 Å². The summed E-state index contributed by atoms with van der Waals surface area (Å²) in [5.74, 6) is -2.32. The number of likely N-dealkylation sites (tertiary alicyclic amines) is 1. The lowest BCUT2D eigenvalue weighted by Gasteiger charge is -2.43. The smallest absolute Gasteiger partial charge is 0.326 e. The summed E-state index contributed by atoms with van der Waals surface area (Å²) in [5, 5.41) is 10.4. The number of carboxylic acids is 1. The van der Waals surface area contributed by atoms with E-state index in [4.69, 9.17) is 4.74 Å². The fourth-order valence-electron chi connectivity index (χ4n) is 6.80. The molecule has 10 heteroatoms. The van der Waals surface area contributed by atoms with Crippen LogP contribution in [0.4, 0.5) is 0 Å². The van der Waals surface area contributed by atoms with E-state index in [2.05, 4.69) is 4.98 Å². The van der Waals surface area contributed by atoms with Crippen LogP contribution in [0.3, 0.4) is 0 Å². The molecule has 2 aliphatic heterocycles. The minimum atomic E-state index is -1.18. The van der Waals surface area contributed by atoms with Crippen molar-refractivity contribution < 1.29 is 24.2 Å². The molecule has 2 N–H and O–H groups in total. The fraction of sp³-hybridized carbons (Fsp3) is 0.478. The molecule has 8 atom stereocenters. The maximum absolute atomic E-state index is 13.4. The van der Waals surface area contributed by atoms with Gasteiger partial charge in [-0.15, -0.1) is 11.8 Å². The maximum Gasteiger partial charge on any atom is 0.326 e. The van der Waals surface area contributed by atoms with Gasteiger partial charge in [0.05, 0.1) is 24.0 Å². The molecule has 2 bridgehead atoms. The third-order valence-electron chi connectivity index (χ3n) is 7.98. The van der Waals surface area contributed by atoms with E-state index < -0.39 is 23.8 Å². The van der Waals surface area contributed by atoms with E-state index in [9.17, 15) is 24.3 Å². The summed E-state index contributed by atoms with van der Waals surface area (Å²) in [6, 6.07) is 6.58. The summed E-state index contributed by atoms with van der Waals surface area (Å²) in [5.41, 5.74) is 0.975. The van der Waals surface area contributed by atoms with Gasteiger partial charge in [-0.1, -0.05) is 29.5 Å². The van der Waals surface area contributed by atoms with Crippen LogP contribution in [0, 0.1) is 29.6 Å². The molecule has 2 aliphatic carbocycles. The Morgan fingerprint density at radius 2 is 1.88 bits per heavy atom. The number of benzene rings is 1. The van der Waals surface area contributed by atoms with Crippen LogP contribution < -0.4 is 9.61 Å². The molecule has 3 heterocycles. The number of rotatable bonds is 4. The predicted octanol–water partition coefficient (Wildman–Crippen LogP) is 2.39. The lowest BCUT2D eigenvalue weighted by Crippen LogP contribution is -2.44. The van der Waals surface area contributed by atoms with E-state index in [0.717, 1.165) is 32.5 Å². The number of H-pyrrole nitrogens is 1. The Bertz CT molecular complexity index is 1250. The van der Waals surface area contributed by atoms with Crippen LogP contribution >= 0.6 is 23.1 Å². The molecule has 33 heavy (non-hydrogen) atoms. The quantitative estimate of drug-likeness (QED) is 0.638. The number of ether oxygens (including phenoxy) is 1. The normalized spacial score (nSPS) is 34.7. The number of amides is 2. The third kappa shape index (κ3) is 2.70. The molecule has 1 aromatic heterocycles. The van der Waals surface area contributed by atoms with Crippen LogP contribution in [0.5, 0.6) is 5.75 Å². The topological polar surface area (TPSA) is 117 Å². The SMILES string of the molecule is COc1ccccc1[C@@H]1c2sc(=O)[nH]c2S[C@@H]2[C@@H]3C[C@@H]([C@@H]4C(=O)N([C@@H](C)C(=O)O)C(=O)[C@@H]34)[C@H]12. The van der Waals surface area contributed by atoms with Crippen molar-refractivity contribution >= 4 is 40.9 Å². The predicted molar refractivity (Wildman–Crippen MR) is 120 cm³/mol. The minimum absolute atomic E-state index is 0.0359. The zero-order valence-corrected chi connectivity index (χ0v) is 19.5. The maximum atomic E-state index is 13.4. The van der Waals surface area contributed by atoms with Crippen LogP contribution in [-0.2, 0) is 14.4 Å². The van der Waals surface area contributed by atoms with Gasteiger partial charge >= 0.3 is 10.8 Å². The molecule has 3 fully saturated rings. The van der Waals surface area contributed by atoms with Crippen molar-refractivity contribution in [2.45, 2.75) is 35.6 Å². The van der Waals surface area contributed by atoms with Gasteiger partial charge in [0, 0.05) is 21.6 Å². The summed E-state index contributed by atoms with van der Waals surface area (Å²) in [6.45, 7) is 1.39. The van der Waals surface area contributed by atoms with Gasteiger partial charge < -0.3 is 14.8 Å². The fourth-order valence-corrected chi connectivity index (χ4v) is 9.68. The Balaban J connectivity index is 1.47. The van der Waals surface area contributed by atoms with Crippen LogP contribution in [0.1, 0.15) is 29.7 Å². The van der Waals surface area contributed by atoms with Gasteiger partial charge in [-0.3, -0.25) is 19.3 Å². The molecule has 1 aromatic carbocycles. The first kappa shape index (κ1) is 21.0. The number of carbonyl (C=O) groups is 3. The lowest BCUT2D eigenvalue weighted by atomic mass is 9.68. The number of nitrogens with zero attached hydrogens (tertiary/aromatic N) is 1. The van der Waals surface area contributed by atoms with Gasteiger partial charge in [0.15, 0.2) is 0 Å². The van der Waals surface area contributed by atoms with Gasteiger partial charge in [-0.05, 0) is 37.2 Å². The van der Waals surface area contributed by atoms with Gasteiger partial charge in [-0.2, -0.15) is 0 Å². The monoisotopic (exact) mass is 486 g/mol. The first-order valence-corrected chi connectivity index (χ1v) is 12.7. The number of carbonyl (C=O) groups excluding carboxylic acids is 2. The van der Waals surface area contributed by atoms with Crippen molar-refractivity contribution in [2.75, 3.05) is 7.11 Å². The average molecular weight is 487 g/mol. The van der Waals surface area contributed by atoms with E-state index in [1.54, 1.807) is 18.9 Å². The largest absolute Gasteiger partial charge is 0.496 e. The number of imide groups is 1. The highest BCUT2D eigenvalue weighted by Crippen LogP contribution is 2.69. The average Bonchev–Trinajstić information content (AvgIpc) is 3.52. The molecule has 4 aliphatic rings. The molecule has 0 unspecified atom stereocenters. The Labute approximate surface area is 197 Å². The summed E-state index contributed by atoms with van der Waals surface area (Å²) in [4.78, 5) is 55.3. The van der Waals surface area contributed by atoms with Crippen molar-refractivity contribution in [1.82, 2.24) is 9.88 Å². The van der Waals surface area contributed by atoms with Gasteiger partial charge in [0.25, 0.3) is 0 Å². The van der Waals surface area contributed by atoms with Crippen LogP contribution in [0.15, 0.2) is 34.1 Å². The number of para-hydroxylation sites is 1. The minimum Gasteiger partial charge on any atom is -0.496 e. The zero-order valence-electron chi connectivity index (χ0n) is 17.9. The first-order chi connectivity index (χ1) is 15.8. The Morgan fingerprint density at radius 3 is 2.58 bits per heavy atom. The highest BCUT2D eigenvalue weighted by atomic mass is 32.2. The Kier molecular flexibility index (Phi) is 4.58. The number of fused-ring (bicyclic) bond motifs is 9. The molecule has 8 nitrogen and oxygen atoms in total. The van der Waals surface area contributed by atoms with Crippen LogP contribution in [0.2, 0.25) is 0 Å². The molecule has 0 radical (unpaired) electrons. The van der Waals surface area contributed by atoms with Crippen molar-refractivity contribution in [3.8, 4) is 5.75 Å². The second-order valence-electron chi connectivity index (χ2n) is 9.26. The molecule has 1 saturated heterocycles. The number of carboxylic acid groups (broad SMARTS) is 1. The van der Waals surface area contributed by atoms with E-state index in [-0.39, 0.29) is 45.6 Å². The highest BCUT2D eigenvalue weighted by molar-refractivity contribution is 8.00.